The zero-order valence-electron chi connectivity index (χ0n) is 15.5. The second-order valence-electron chi connectivity index (χ2n) is 7.13. The van der Waals surface area contributed by atoms with Gasteiger partial charge >= 0.3 is 5.69 Å². The van der Waals surface area contributed by atoms with Crippen molar-refractivity contribution < 1.29 is 4.79 Å². The Bertz CT molecular complexity index is 998. The summed E-state index contributed by atoms with van der Waals surface area (Å²) in [6.45, 7) is 2.30. The van der Waals surface area contributed by atoms with Crippen molar-refractivity contribution >= 4 is 16.9 Å². The molecule has 2 aromatic carbocycles. The van der Waals surface area contributed by atoms with E-state index in [2.05, 4.69) is 10.2 Å². The third kappa shape index (κ3) is 3.53. The van der Waals surface area contributed by atoms with Gasteiger partial charge in [-0.1, -0.05) is 30.3 Å². The summed E-state index contributed by atoms with van der Waals surface area (Å²) in [5, 5.41) is 3.13. The number of hydrogen-bond acceptors (Lipinski definition) is 3. The Morgan fingerprint density at radius 1 is 1.00 bits per heavy atom. The summed E-state index contributed by atoms with van der Waals surface area (Å²) in [6.07, 6.45) is 1.77. The monoisotopic (exact) mass is 364 g/mol. The molecule has 6 heteroatoms. The van der Waals surface area contributed by atoms with Crippen molar-refractivity contribution in [2.75, 3.05) is 13.1 Å². The molecule has 0 saturated carbocycles. The van der Waals surface area contributed by atoms with Crippen LogP contribution in [0.3, 0.4) is 0 Å². The van der Waals surface area contributed by atoms with Gasteiger partial charge in [0.15, 0.2) is 0 Å². The van der Waals surface area contributed by atoms with Gasteiger partial charge in [0.2, 0.25) is 0 Å². The predicted octanol–water partition coefficient (Wildman–Crippen LogP) is 2.19. The maximum absolute atomic E-state index is 12.6. The van der Waals surface area contributed by atoms with Crippen molar-refractivity contribution in [3.8, 4) is 0 Å². The number of aromatic nitrogens is 2. The molecule has 140 valence electrons. The number of nitrogens with zero attached hydrogens (tertiary/aromatic N) is 3. The largest absolute Gasteiger partial charge is 0.349 e. The van der Waals surface area contributed by atoms with Crippen LogP contribution in [-0.2, 0) is 13.7 Å². The van der Waals surface area contributed by atoms with Crippen LogP contribution in [-0.4, -0.2) is 39.1 Å². The number of likely N-dealkylation sites (tertiary alicyclic amines) is 1. The molecule has 1 N–H and O–H groups in total. The second kappa shape index (κ2) is 7.40. The molecule has 0 atom stereocenters. The Hall–Kier alpha value is -2.86. The smallest absolute Gasteiger partial charge is 0.329 e. The third-order valence-electron chi connectivity index (χ3n) is 5.35. The molecule has 0 aliphatic carbocycles. The zero-order valence-corrected chi connectivity index (χ0v) is 15.5. The molecule has 0 radical (unpaired) electrons. The fourth-order valence-corrected chi connectivity index (χ4v) is 3.78. The molecule has 0 spiro atoms. The molecule has 0 unspecified atom stereocenters. The Labute approximate surface area is 158 Å². The van der Waals surface area contributed by atoms with Gasteiger partial charge in [-0.05, 0) is 37.1 Å². The lowest BCUT2D eigenvalue weighted by Gasteiger charge is -2.32. The topological polar surface area (TPSA) is 59.3 Å². The number of imidazole rings is 1. The summed E-state index contributed by atoms with van der Waals surface area (Å²) in [4.78, 5) is 27.2. The van der Waals surface area contributed by atoms with Crippen molar-refractivity contribution in [3.05, 3.63) is 70.6 Å². The highest BCUT2D eigenvalue weighted by atomic mass is 16.2. The van der Waals surface area contributed by atoms with Crippen molar-refractivity contribution in [3.63, 3.8) is 0 Å². The van der Waals surface area contributed by atoms with Crippen LogP contribution in [0.4, 0.5) is 0 Å². The number of piperidine rings is 1. The lowest BCUT2D eigenvalue weighted by Crippen LogP contribution is -2.45. The molecular formula is C21H24N4O2. The number of rotatable bonds is 4. The van der Waals surface area contributed by atoms with Gasteiger partial charge in [-0.25, -0.2) is 4.79 Å². The first-order valence-corrected chi connectivity index (χ1v) is 9.36. The second-order valence-corrected chi connectivity index (χ2v) is 7.13. The van der Waals surface area contributed by atoms with Gasteiger partial charge in [-0.15, -0.1) is 0 Å². The maximum Gasteiger partial charge on any atom is 0.329 e. The van der Waals surface area contributed by atoms with Crippen molar-refractivity contribution in [2.45, 2.75) is 25.6 Å². The van der Waals surface area contributed by atoms with E-state index in [0.717, 1.165) is 37.0 Å². The van der Waals surface area contributed by atoms with Crippen molar-refractivity contribution in [2.24, 2.45) is 7.05 Å². The minimum absolute atomic E-state index is 0.00991. The Balaban J connectivity index is 1.39. The Morgan fingerprint density at radius 3 is 2.33 bits per heavy atom. The van der Waals surface area contributed by atoms with Crippen LogP contribution >= 0.6 is 0 Å². The number of carbonyl (C=O) groups is 1. The number of nitrogens with one attached hydrogen (secondary N) is 1. The molecule has 2 heterocycles. The van der Waals surface area contributed by atoms with Crippen LogP contribution in [0, 0.1) is 0 Å². The maximum atomic E-state index is 12.6. The fourth-order valence-electron chi connectivity index (χ4n) is 3.78. The summed E-state index contributed by atoms with van der Waals surface area (Å²) >= 11 is 0. The predicted molar refractivity (Wildman–Crippen MR) is 106 cm³/mol. The summed E-state index contributed by atoms with van der Waals surface area (Å²) < 4.78 is 3.53. The first kappa shape index (κ1) is 17.5. The van der Waals surface area contributed by atoms with Crippen molar-refractivity contribution in [1.82, 2.24) is 19.4 Å². The number of hydrogen-bond donors (Lipinski definition) is 1. The molecule has 1 amide bonds. The Kier molecular flexibility index (Phi) is 4.81. The molecule has 4 rings (SSSR count). The summed E-state index contributed by atoms with van der Waals surface area (Å²) in [6, 6.07) is 17.4. The van der Waals surface area contributed by atoms with Crippen LogP contribution in [0.1, 0.15) is 23.2 Å². The number of amides is 1. The summed E-state index contributed by atoms with van der Waals surface area (Å²) in [7, 11) is 1.81. The van der Waals surface area contributed by atoms with Crippen LogP contribution in [0.25, 0.3) is 11.0 Å². The number of para-hydroxylation sites is 2. The fraction of sp³-hybridized carbons (Fsp3) is 0.333. The van der Waals surface area contributed by atoms with Gasteiger partial charge in [0.05, 0.1) is 17.7 Å². The first-order chi connectivity index (χ1) is 13.1. The molecule has 1 saturated heterocycles. The molecule has 1 aliphatic heterocycles. The van der Waals surface area contributed by atoms with Gasteiger partial charge in [0.1, 0.15) is 0 Å². The Morgan fingerprint density at radius 2 is 1.63 bits per heavy atom. The molecular weight excluding hydrogens is 340 g/mol. The molecule has 1 aliphatic rings. The number of carbonyl (C=O) groups excluding carboxylic acids is 1. The summed E-state index contributed by atoms with van der Waals surface area (Å²) in [5.74, 6) is -0.0145. The van der Waals surface area contributed by atoms with Crippen LogP contribution in [0.5, 0.6) is 0 Å². The normalized spacial score (nSPS) is 15.9. The zero-order chi connectivity index (χ0) is 18.8. The average molecular weight is 364 g/mol. The van der Waals surface area contributed by atoms with E-state index in [4.69, 9.17) is 0 Å². The lowest BCUT2D eigenvalue weighted by atomic mass is 10.0. The number of aryl methyl sites for hydroxylation is 1. The average Bonchev–Trinajstić information content (AvgIpc) is 2.95. The minimum atomic E-state index is -0.0145. The van der Waals surface area contributed by atoms with E-state index in [0.29, 0.717) is 12.2 Å². The standard InChI is InChI=1S/C21H24N4O2/c1-23-18-9-5-6-10-19(18)25(21(23)27)15-24-13-11-17(12-14-24)22-20(26)16-7-3-2-4-8-16/h2-10,17H,11-15H2,1H3,(H,22,26). The molecule has 3 aromatic rings. The van der Waals surface area contributed by atoms with Gasteiger partial charge in [0, 0.05) is 31.7 Å². The van der Waals surface area contributed by atoms with Gasteiger partial charge in [-0.2, -0.15) is 0 Å². The molecule has 0 bridgehead atoms. The number of benzene rings is 2. The van der Waals surface area contributed by atoms with Crippen LogP contribution < -0.4 is 11.0 Å². The molecule has 6 nitrogen and oxygen atoms in total. The van der Waals surface area contributed by atoms with E-state index in [1.165, 1.54) is 0 Å². The first-order valence-electron chi connectivity index (χ1n) is 9.36. The quantitative estimate of drug-likeness (QED) is 0.772. The van der Waals surface area contributed by atoms with E-state index < -0.39 is 0 Å². The van der Waals surface area contributed by atoms with Gasteiger partial charge in [0.25, 0.3) is 5.91 Å². The minimum Gasteiger partial charge on any atom is -0.349 e. The van der Waals surface area contributed by atoms with Gasteiger partial charge < -0.3 is 5.32 Å². The summed E-state index contributed by atoms with van der Waals surface area (Å²) in [5.41, 5.74) is 2.62. The number of fused-ring (bicyclic) bond motifs is 1. The highest BCUT2D eigenvalue weighted by molar-refractivity contribution is 5.94. The SMILES string of the molecule is Cn1c(=O)n(CN2CCC(NC(=O)c3ccccc3)CC2)c2ccccc21. The highest BCUT2D eigenvalue weighted by Crippen LogP contribution is 2.15. The van der Waals surface area contributed by atoms with E-state index in [1.54, 1.807) is 4.57 Å². The van der Waals surface area contributed by atoms with Gasteiger partial charge in [-0.3, -0.25) is 18.8 Å². The van der Waals surface area contributed by atoms with Crippen LogP contribution in [0.2, 0.25) is 0 Å². The van der Waals surface area contributed by atoms with E-state index >= 15 is 0 Å². The van der Waals surface area contributed by atoms with E-state index in [9.17, 15) is 9.59 Å². The van der Waals surface area contributed by atoms with E-state index in [-0.39, 0.29) is 17.6 Å². The molecule has 1 fully saturated rings. The van der Waals surface area contributed by atoms with Crippen LogP contribution in [0.15, 0.2) is 59.4 Å². The third-order valence-corrected chi connectivity index (χ3v) is 5.35. The lowest BCUT2D eigenvalue weighted by molar-refractivity contribution is 0.0899. The highest BCUT2D eigenvalue weighted by Gasteiger charge is 2.22. The van der Waals surface area contributed by atoms with Crippen molar-refractivity contribution in [1.29, 1.82) is 0 Å². The molecule has 27 heavy (non-hydrogen) atoms. The molecule has 1 aromatic heterocycles. The van der Waals surface area contributed by atoms with E-state index in [1.807, 2.05) is 66.2 Å².